The number of fused-ring (bicyclic) bond motifs is 2. The van der Waals surface area contributed by atoms with Crippen LogP contribution in [0.5, 0.6) is 11.6 Å². The van der Waals surface area contributed by atoms with Gasteiger partial charge in [0.15, 0.2) is 17.4 Å². The molecule has 358 valence electrons. The Bertz CT molecular complexity index is 2570. The van der Waals surface area contributed by atoms with Gasteiger partial charge in [-0.25, -0.2) is 8.78 Å². The quantitative estimate of drug-likeness (QED) is 0.134. The number of rotatable bonds is 15. The van der Waals surface area contributed by atoms with Crippen LogP contribution in [0.25, 0.3) is 21.1 Å². The molecular weight excluding hydrogens is 885 g/mol. The number of amides is 4. The number of benzene rings is 1. The second-order valence-corrected chi connectivity index (χ2v) is 19.3. The van der Waals surface area contributed by atoms with Gasteiger partial charge in [0, 0.05) is 69.0 Å². The molecule has 0 radical (unpaired) electrons. The molecular formula is C48H59F2N9O7S. The Morgan fingerprint density at radius 2 is 1.73 bits per heavy atom. The van der Waals surface area contributed by atoms with Gasteiger partial charge >= 0.3 is 0 Å². The molecule has 1 saturated carbocycles. The Kier molecular flexibility index (Phi) is 14.3. The van der Waals surface area contributed by atoms with Gasteiger partial charge < -0.3 is 43.9 Å². The number of likely N-dealkylation sites (tertiary alicyclic amines) is 2. The van der Waals surface area contributed by atoms with E-state index in [1.54, 1.807) is 45.3 Å². The maximum Gasteiger partial charge on any atom is 0.270 e. The predicted molar refractivity (Wildman–Crippen MR) is 247 cm³/mol. The second kappa shape index (κ2) is 20.7. The number of halogens is 2. The topological polar surface area (TPSA) is 168 Å². The van der Waals surface area contributed by atoms with Gasteiger partial charge in [0.2, 0.25) is 17.7 Å². The largest absolute Gasteiger partial charge is 0.489 e. The van der Waals surface area contributed by atoms with E-state index in [9.17, 15) is 28.0 Å². The molecule has 2 N–H and O–H groups in total. The van der Waals surface area contributed by atoms with Crippen LogP contribution in [-0.4, -0.2) is 142 Å². The third-order valence-electron chi connectivity index (χ3n) is 13.9. The Morgan fingerprint density at radius 1 is 0.925 bits per heavy atom. The summed E-state index contributed by atoms with van der Waals surface area (Å²) in [6.07, 6.45) is 9.88. The zero-order chi connectivity index (χ0) is 46.6. The van der Waals surface area contributed by atoms with E-state index < -0.39 is 29.6 Å². The highest BCUT2D eigenvalue weighted by Gasteiger charge is 2.39. The number of likely N-dealkylation sites (N-methyl/N-ethyl adjacent to an activating group) is 1. The van der Waals surface area contributed by atoms with Crippen LogP contribution in [0.4, 0.5) is 8.78 Å². The molecule has 16 nitrogen and oxygen atoms in total. The van der Waals surface area contributed by atoms with Gasteiger partial charge in [-0.3, -0.25) is 29.1 Å². The Labute approximate surface area is 391 Å². The van der Waals surface area contributed by atoms with Crippen molar-refractivity contribution in [3.8, 4) is 11.6 Å². The van der Waals surface area contributed by atoms with Crippen LogP contribution >= 0.6 is 11.3 Å². The average Bonchev–Trinajstić information content (AvgIpc) is 4.17. The van der Waals surface area contributed by atoms with Gasteiger partial charge in [-0.1, -0.05) is 19.3 Å². The number of ether oxygens (including phenoxy) is 2. The molecule has 7 heterocycles. The van der Waals surface area contributed by atoms with E-state index in [1.165, 1.54) is 10.6 Å². The molecule has 4 fully saturated rings. The van der Waals surface area contributed by atoms with Crippen molar-refractivity contribution in [2.45, 2.75) is 102 Å². The minimum Gasteiger partial charge on any atom is -0.489 e. The van der Waals surface area contributed by atoms with Gasteiger partial charge in [0.05, 0.1) is 34.9 Å². The summed E-state index contributed by atoms with van der Waals surface area (Å²) in [5.41, 5.74) is 1.28. The van der Waals surface area contributed by atoms with Crippen LogP contribution in [0, 0.1) is 17.6 Å². The fourth-order valence-corrected chi connectivity index (χ4v) is 11.2. The summed E-state index contributed by atoms with van der Waals surface area (Å²) >= 11 is 1.63. The minimum absolute atomic E-state index is 0.0333. The van der Waals surface area contributed by atoms with Crippen LogP contribution in [0.15, 0.2) is 52.5 Å². The summed E-state index contributed by atoms with van der Waals surface area (Å²) in [5.74, 6) is -1.36. The third-order valence-corrected chi connectivity index (χ3v) is 14.8. The molecule has 0 bridgehead atoms. The van der Waals surface area contributed by atoms with Crippen LogP contribution in [0.2, 0.25) is 0 Å². The summed E-state index contributed by atoms with van der Waals surface area (Å²) < 4.78 is 50.1. The number of hydrogen-bond acceptors (Lipinski definition) is 12. The van der Waals surface area contributed by atoms with E-state index in [0.29, 0.717) is 31.2 Å². The molecule has 67 heavy (non-hydrogen) atoms. The van der Waals surface area contributed by atoms with Gasteiger partial charge in [-0.15, -0.1) is 11.3 Å². The SMILES string of the molecule is CNCC(=O)N[C@H](C(=O)N1CCN(C(=O)c2cc3cc(F)c(F)cc3n2CC(=O)N2CCC[C@H]2COc2cc(CN3CCC(Oc4ccnc5ccsc45)CC3)on2)[C@@H](C)C1)C1CCCCC1. The first kappa shape index (κ1) is 46.5. The number of aromatic nitrogens is 3. The predicted octanol–water partition coefficient (Wildman–Crippen LogP) is 5.59. The van der Waals surface area contributed by atoms with Crippen molar-refractivity contribution in [1.29, 1.82) is 0 Å². The summed E-state index contributed by atoms with van der Waals surface area (Å²) in [5, 5.41) is 12.3. The Morgan fingerprint density at radius 3 is 2.52 bits per heavy atom. The van der Waals surface area contributed by atoms with Gasteiger partial charge in [0.1, 0.15) is 36.7 Å². The number of piperazine rings is 1. The normalized spacial score (nSPS) is 20.4. The van der Waals surface area contributed by atoms with E-state index >= 15 is 0 Å². The number of carbonyl (C=O) groups is 4. The zero-order valence-corrected chi connectivity index (χ0v) is 38.9. The highest BCUT2D eigenvalue weighted by Crippen LogP contribution is 2.33. The maximum absolute atomic E-state index is 14.8. The third kappa shape index (κ3) is 10.4. The first-order valence-electron chi connectivity index (χ1n) is 23.6. The van der Waals surface area contributed by atoms with Crippen LogP contribution in [0.3, 0.4) is 0 Å². The van der Waals surface area contributed by atoms with E-state index in [1.807, 2.05) is 24.4 Å². The first-order chi connectivity index (χ1) is 32.5. The van der Waals surface area contributed by atoms with Gasteiger partial charge in [-0.2, -0.15) is 0 Å². The molecule has 3 saturated heterocycles. The highest BCUT2D eigenvalue weighted by atomic mass is 32.1. The van der Waals surface area contributed by atoms with Crippen LogP contribution in [-0.2, 0) is 27.5 Å². The summed E-state index contributed by atoms with van der Waals surface area (Å²) in [6, 6.07) is 7.90. The van der Waals surface area contributed by atoms with E-state index in [2.05, 4.69) is 25.7 Å². The second-order valence-electron chi connectivity index (χ2n) is 18.4. The first-order valence-corrected chi connectivity index (χ1v) is 24.5. The van der Waals surface area contributed by atoms with Crippen LogP contribution < -0.4 is 20.1 Å². The Balaban J connectivity index is 0.813. The molecule has 3 atom stereocenters. The molecule has 1 aliphatic carbocycles. The molecule has 19 heteroatoms. The van der Waals surface area contributed by atoms with Gasteiger partial charge in [0.25, 0.3) is 11.8 Å². The average molecular weight is 944 g/mol. The number of piperidine rings is 1. The van der Waals surface area contributed by atoms with E-state index in [4.69, 9.17) is 14.0 Å². The van der Waals surface area contributed by atoms with Crippen molar-refractivity contribution in [3.63, 3.8) is 0 Å². The lowest BCUT2D eigenvalue weighted by Gasteiger charge is -2.42. The fraction of sp³-hybridized carbons (Fsp3) is 0.542. The number of thiophene rings is 1. The van der Waals surface area contributed by atoms with Crippen molar-refractivity contribution < 1.29 is 42.0 Å². The summed E-state index contributed by atoms with van der Waals surface area (Å²) in [6.45, 7) is 5.21. The van der Waals surface area contributed by atoms with Gasteiger partial charge in [-0.05, 0) is 93.2 Å². The standard InChI is InChI=1S/C48H59F2N9O7S/c1-30-26-56(48(63)45(53-42(60)25-51-2)31-7-4-3-5-8-31)18-19-57(30)47(62)40-22-32-21-36(49)37(50)24-39(32)59(40)28-44(61)58-15-6-9-33(58)29-64-43-23-35(66-54-43)27-55-16-11-34(12-17-55)65-41-10-14-52-38-13-20-67-46(38)41/h10,13-14,20-24,30-31,33-34,45,51H,3-9,11-12,15-19,25-29H2,1-2H3,(H,53,60)/t30-,33-,45-/m0/s1. The van der Waals surface area contributed by atoms with Crippen molar-refractivity contribution in [3.05, 3.63) is 71.1 Å². The molecule has 1 aromatic carbocycles. The minimum atomic E-state index is -1.09. The molecule has 0 spiro atoms. The number of nitrogens with zero attached hydrogens (tertiary/aromatic N) is 7. The Hall–Kier alpha value is -5.66. The lowest BCUT2D eigenvalue weighted by Crippen LogP contribution is -2.60. The van der Waals surface area contributed by atoms with E-state index in [0.717, 1.165) is 92.6 Å². The number of hydrogen-bond donors (Lipinski definition) is 2. The molecule has 3 aliphatic heterocycles. The zero-order valence-electron chi connectivity index (χ0n) is 38.1. The van der Waals surface area contributed by atoms with Crippen molar-refractivity contribution in [2.24, 2.45) is 5.92 Å². The molecule has 9 rings (SSSR count). The number of pyridine rings is 1. The molecule has 4 aromatic heterocycles. The molecule has 4 aliphatic rings. The monoisotopic (exact) mass is 943 g/mol. The molecule has 5 aromatic rings. The smallest absolute Gasteiger partial charge is 0.270 e. The lowest BCUT2D eigenvalue weighted by atomic mass is 9.83. The van der Waals surface area contributed by atoms with Crippen molar-refractivity contribution in [2.75, 3.05) is 59.5 Å². The van der Waals surface area contributed by atoms with E-state index in [-0.39, 0.29) is 91.7 Å². The number of carbonyl (C=O) groups excluding carboxylic acids is 4. The summed E-state index contributed by atoms with van der Waals surface area (Å²) in [4.78, 5) is 67.2. The number of nitrogens with one attached hydrogen (secondary N) is 2. The molecule has 4 amide bonds. The highest BCUT2D eigenvalue weighted by molar-refractivity contribution is 7.17. The fourth-order valence-electron chi connectivity index (χ4n) is 10.3. The maximum atomic E-state index is 14.8. The van der Waals surface area contributed by atoms with Crippen LogP contribution in [0.1, 0.15) is 81.0 Å². The molecule has 0 unspecified atom stereocenters. The van der Waals surface area contributed by atoms with Crippen molar-refractivity contribution in [1.82, 2.24) is 44.9 Å². The summed E-state index contributed by atoms with van der Waals surface area (Å²) in [7, 11) is 1.68. The van der Waals surface area contributed by atoms with Crippen molar-refractivity contribution >= 4 is 56.1 Å². The lowest BCUT2D eigenvalue weighted by molar-refractivity contribution is -0.140.